The number of methoxy groups -OCH3 is 1. The molecule has 4 N–H and O–H groups in total. The molecule has 1 saturated heterocycles. The number of hydrogen-bond acceptors (Lipinski definition) is 6. The van der Waals surface area contributed by atoms with Gasteiger partial charge >= 0.3 is 0 Å². The molecule has 0 spiro atoms. The number of nitrogens with one attached hydrogen (secondary N) is 4. The fraction of sp³-hybridized carbons (Fsp3) is 0.304. The maximum Gasteiger partial charge on any atom is 0.255 e. The number of pyridine rings is 1. The van der Waals surface area contributed by atoms with Crippen molar-refractivity contribution < 1.29 is 18.7 Å². The van der Waals surface area contributed by atoms with Gasteiger partial charge in [-0.2, -0.15) is 0 Å². The lowest BCUT2D eigenvalue weighted by Gasteiger charge is -2.27. The molecule has 0 radical (unpaired) electrons. The van der Waals surface area contributed by atoms with Gasteiger partial charge in [-0.1, -0.05) is 6.07 Å². The standard InChI is InChI=1S/C23H24FN5O3/c1-31-22-15(24)3-2-4-17(22)29-21-19-16(7-10-27-23(19)30)28-20(21)14-6-8-25-11-18(14)32-12-13-5-9-26-13/h2-4,6,8,11,13,26,28-29H,5,7,9-10,12H2,1H3,(H,27,30)/t13-/m1/s1. The molecular formula is C23H24FN5O3. The third-order valence-corrected chi connectivity index (χ3v) is 5.82. The van der Waals surface area contributed by atoms with E-state index in [0.29, 0.717) is 54.0 Å². The number of nitrogens with zero attached hydrogens (tertiary/aromatic N) is 1. The summed E-state index contributed by atoms with van der Waals surface area (Å²) in [7, 11) is 1.41. The van der Waals surface area contributed by atoms with Gasteiger partial charge in [0.2, 0.25) is 0 Å². The van der Waals surface area contributed by atoms with E-state index in [1.165, 1.54) is 13.2 Å². The molecule has 0 bridgehead atoms. The van der Waals surface area contributed by atoms with E-state index in [9.17, 15) is 9.18 Å². The van der Waals surface area contributed by atoms with Crippen LogP contribution < -0.4 is 25.4 Å². The number of aromatic amines is 1. The molecule has 1 fully saturated rings. The summed E-state index contributed by atoms with van der Waals surface area (Å²) in [6.45, 7) is 2.07. The first-order chi connectivity index (χ1) is 15.7. The van der Waals surface area contributed by atoms with Crippen molar-refractivity contribution in [1.82, 2.24) is 20.6 Å². The number of aromatic nitrogens is 2. The normalized spacial score (nSPS) is 17.2. The van der Waals surface area contributed by atoms with E-state index < -0.39 is 5.82 Å². The van der Waals surface area contributed by atoms with Crippen LogP contribution in [0.2, 0.25) is 0 Å². The molecule has 0 aliphatic carbocycles. The molecule has 3 aromatic rings. The van der Waals surface area contributed by atoms with Gasteiger partial charge in [0.1, 0.15) is 12.4 Å². The molecule has 1 aromatic carbocycles. The number of carbonyl (C=O) groups is 1. The zero-order chi connectivity index (χ0) is 22.1. The second kappa shape index (κ2) is 8.51. The summed E-state index contributed by atoms with van der Waals surface area (Å²) in [6.07, 6.45) is 5.07. The maximum atomic E-state index is 14.3. The van der Waals surface area contributed by atoms with Gasteiger partial charge < -0.3 is 30.4 Å². The lowest BCUT2D eigenvalue weighted by atomic mass is 10.0. The van der Waals surface area contributed by atoms with E-state index in [-0.39, 0.29) is 11.7 Å². The maximum absolute atomic E-state index is 14.3. The van der Waals surface area contributed by atoms with Crippen LogP contribution >= 0.6 is 0 Å². The van der Waals surface area contributed by atoms with Crippen molar-refractivity contribution in [3.63, 3.8) is 0 Å². The molecule has 4 heterocycles. The quantitative estimate of drug-likeness (QED) is 0.454. The van der Waals surface area contributed by atoms with E-state index in [4.69, 9.17) is 9.47 Å². The minimum atomic E-state index is -0.492. The number of fused-ring (bicyclic) bond motifs is 1. The Morgan fingerprint density at radius 2 is 2.16 bits per heavy atom. The zero-order valence-corrected chi connectivity index (χ0v) is 17.6. The topological polar surface area (TPSA) is 100 Å². The number of halogens is 1. The van der Waals surface area contributed by atoms with Crippen molar-refractivity contribution in [3.8, 4) is 22.8 Å². The lowest BCUT2D eigenvalue weighted by Crippen LogP contribution is -2.46. The summed E-state index contributed by atoms with van der Waals surface area (Å²) in [5, 5.41) is 9.44. The highest BCUT2D eigenvalue weighted by atomic mass is 19.1. The molecule has 8 nitrogen and oxygen atoms in total. The first-order valence-electron chi connectivity index (χ1n) is 10.6. The van der Waals surface area contributed by atoms with Crippen molar-refractivity contribution in [3.05, 3.63) is 53.7 Å². The van der Waals surface area contributed by atoms with Crippen LogP contribution in [0.5, 0.6) is 11.5 Å². The fourth-order valence-electron chi connectivity index (χ4n) is 4.04. The average molecular weight is 437 g/mol. The van der Waals surface area contributed by atoms with Gasteiger partial charge in [0, 0.05) is 36.5 Å². The number of amides is 1. The minimum absolute atomic E-state index is 0.0758. The SMILES string of the molecule is COc1c(F)cccc1Nc1c(-c2ccncc2OC[C@H]2CCN2)[nH]c2c1C(=O)NCC2. The zero-order valence-electron chi connectivity index (χ0n) is 17.6. The van der Waals surface area contributed by atoms with E-state index >= 15 is 0 Å². The van der Waals surface area contributed by atoms with Crippen LogP contribution in [0.1, 0.15) is 22.5 Å². The molecule has 0 unspecified atom stereocenters. The van der Waals surface area contributed by atoms with Gasteiger partial charge in [0.15, 0.2) is 11.6 Å². The average Bonchev–Trinajstić information content (AvgIpc) is 3.12. The summed E-state index contributed by atoms with van der Waals surface area (Å²) in [4.78, 5) is 20.4. The van der Waals surface area contributed by atoms with Crippen molar-refractivity contribution in [1.29, 1.82) is 0 Å². The van der Waals surface area contributed by atoms with E-state index in [0.717, 1.165) is 24.2 Å². The number of para-hydroxylation sites is 1. The van der Waals surface area contributed by atoms with Gasteiger partial charge in [-0.05, 0) is 31.2 Å². The monoisotopic (exact) mass is 437 g/mol. The molecular weight excluding hydrogens is 413 g/mol. The third-order valence-electron chi connectivity index (χ3n) is 5.82. The Kier molecular flexibility index (Phi) is 5.40. The Morgan fingerprint density at radius 1 is 1.28 bits per heavy atom. The first kappa shape index (κ1) is 20.3. The van der Waals surface area contributed by atoms with Crippen molar-refractivity contribution >= 4 is 17.3 Å². The Bertz CT molecular complexity index is 1160. The van der Waals surface area contributed by atoms with E-state index in [2.05, 4.69) is 25.9 Å². The van der Waals surface area contributed by atoms with Gasteiger partial charge in [0.25, 0.3) is 5.91 Å². The number of anilines is 2. The van der Waals surface area contributed by atoms with Crippen molar-refractivity contribution in [2.24, 2.45) is 0 Å². The van der Waals surface area contributed by atoms with Gasteiger partial charge in [-0.15, -0.1) is 0 Å². The number of hydrogen-bond donors (Lipinski definition) is 4. The molecule has 5 rings (SSSR count). The Balaban J connectivity index is 1.60. The first-order valence-corrected chi connectivity index (χ1v) is 10.6. The number of carbonyl (C=O) groups excluding carboxylic acids is 1. The highest BCUT2D eigenvalue weighted by molar-refractivity contribution is 6.06. The van der Waals surface area contributed by atoms with Crippen molar-refractivity contribution in [2.75, 3.05) is 32.1 Å². The Hall–Kier alpha value is -3.59. The molecule has 1 amide bonds. The molecule has 166 valence electrons. The third kappa shape index (κ3) is 3.64. The minimum Gasteiger partial charge on any atom is -0.492 e. The van der Waals surface area contributed by atoms with Crippen LogP contribution in [0.25, 0.3) is 11.3 Å². The second-order valence-electron chi connectivity index (χ2n) is 7.80. The summed E-state index contributed by atoms with van der Waals surface area (Å²) < 4.78 is 25.6. The number of rotatable bonds is 7. The summed E-state index contributed by atoms with van der Waals surface area (Å²) in [5.74, 6) is -0.00279. The molecule has 32 heavy (non-hydrogen) atoms. The molecule has 2 aliphatic rings. The van der Waals surface area contributed by atoms with Gasteiger partial charge in [-0.3, -0.25) is 9.78 Å². The van der Waals surface area contributed by atoms with Crippen LogP contribution in [0.4, 0.5) is 15.8 Å². The summed E-state index contributed by atoms with van der Waals surface area (Å²) in [6, 6.07) is 6.78. The van der Waals surface area contributed by atoms with Gasteiger partial charge in [-0.25, -0.2) is 4.39 Å². The Morgan fingerprint density at radius 3 is 2.94 bits per heavy atom. The predicted octanol–water partition coefficient (Wildman–Crippen LogP) is 2.99. The van der Waals surface area contributed by atoms with Crippen molar-refractivity contribution in [2.45, 2.75) is 18.9 Å². The van der Waals surface area contributed by atoms with Crippen LogP contribution in [0.15, 0.2) is 36.7 Å². The Labute approximate surface area is 184 Å². The molecule has 0 saturated carbocycles. The van der Waals surface area contributed by atoms with Crippen LogP contribution in [-0.2, 0) is 6.42 Å². The fourth-order valence-corrected chi connectivity index (χ4v) is 4.04. The predicted molar refractivity (Wildman–Crippen MR) is 118 cm³/mol. The van der Waals surface area contributed by atoms with Gasteiger partial charge in [0.05, 0.1) is 35.9 Å². The molecule has 2 aliphatic heterocycles. The molecule has 2 aromatic heterocycles. The highest BCUT2D eigenvalue weighted by Crippen LogP contribution is 2.42. The number of ether oxygens (including phenoxy) is 2. The number of benzene rings is 1. The van der Waals surface area contributed by atoms with Crippen LogP contribution in [0, 0.1) is 5.82 Å². The summed E-state index contributed by atoms with van der Waals surface area (Å²) in [5.41, 5.74) is 3.71. The number of H-pyrrole nitrogens is 1. The lowest BCUT2D eigenvalue weighted by molar-refractivity contribution is 0.0947. The molecule has 1 atom stereocenters. The summed E-state index contributed by atoms with van der Waals surface area (Å²) >= 11 is 0. The van der Waals surface area contributed by atoms with Crippen LogP contribution in [-0.4, -0.2) is 48.7 Å². The van der Waals surface area contributed by atoms with E-state index in [1.807, 2.05) is 6.07 Å². The largest absolute Gasteiger partial charge is 0.492 e. The second-order valence-corrected chi connectivity index (χ2v) is 7.80. The van der Waals surface area contributed by atoms with E-state index in [1.54, 1.807) is 24.5 Å². The smallest absolute Gasteiger partial charge is 0.255 e. The molecule has 9 heteroatoms. The van der Waals surface area contributed by atoms with Crippen LogP contribution in [0.3, 0.4) is 0 Å². The highest BCUT2D eigenvalue weighted by Gasteiger charge is 2.29.